The highest BCUT2D eigenvalue weighted by Crippen LogP contribution is 2.24. The first-order chi connectivity index (χ1) is 10.00. The molecule has 0 aromatic heterocycles. The minimum Gasteiger partial charge on any atom is -0.355 e. The van der Waals surface area contributed by atoms with E-state index in [4.69, 9.17) is 0 Å². The lowest BCUT2D eigenvalue weighted by Gasteiger charge is -2.26. The van der Waals surface area contributed by atoms with Crippen LogP contribution in [-0.2, 0) is 10.2 Å². The number of halogens is 2. The van der Waals surface area contributed by atoms with Gasteiger partial charge >= 0.3 is 0 Å². The topological polar surface area (TPSA) is 41.1 Å². The van der Waals surface area contributed by atoms with Gasteiger partial charge in [0.05, 0.1) is 5.41 Å². The van der Waals surface area contributed by atoms with Crippen molar-refractivity contribution in [3.8, 4) is 0 Å². The maximum Gasteiger partial charge on any atom is 0.230 e. The van der Waals surface area contributed by atoms with Crippen molar-refractivity contribution in [2.75, 3.05) is 19.6 Å². The lowest BCUT2D eigenvalue weighted by molar-refractivity contribution is -0.125. The number of benzene rings is 1. The summed E-state index contributed by atoms with van der Waals surface area (Å²) < 4.78 is 13.3. The van der Waals surface area contributed by atoms with E-state index < -0.39 is 5.41 Å². The first kappa shape index (κ1) is 18.9. The molecule has 0 spiro atoms. The Morgan fingerprint density at radius 3 is 2.86 bits per heavy atom. The largest absolute Gasteiger partial charge is 0.355 e. The van der Waals surface area contributed by atoms with Gasteiger partial charge in [0.25, 0.3) is 0 Å². The minimum atomic E-state index is -0.715. The summed E-state index contributed by atoms with van der Waals surface area (Å²) in [6.07, 6.45) is 3.45. The van der Waals surface area contributed by atoms with Gasteiger partial charge in [0.15, 0.2) is 0 Å². The molecule has 1 heterocycles. The zero-order chi connectivity index (χ0) is 15.3. The summed E-state index contributed by atoms with van der Waals surface area (Å²) >= 11 is 0. The third kappa shape index (κ3) is 4.96. The van der Waals surface area contributed by atoms with Crippen LogP contribution < -0.4 is 10.6 Å². The summed E-state index contributed by atoms with van der Waals surface area (Å²) in [7, 11) is 0. The van der Waals surface area contributed by atoms with Crippen LogP contribution in [0.5, 0.6) is 0 Å². The second kappa shape index (κ2) is 8.49. The Morgan fingerprint density at radius 2 is 2.23 bits per heavy atom. The van der Waals surface area contributed by atoms with Crippen molar-refractivity contribution >= 4 is 18.3 Å². The van der Waals surface area contributed by atoms with Crippen LogP contribution in [0, 0.1) is 11.7 Å². The molecule has 5 heteroatoms. The van der Waals surface area contributed by atoms with Crippen molar-refractivity contribution in [3.63, 3.8) is 0 Å². The van der Waals surface area contributed by atoms with Crippen LogP contribution in [0.4, 0.5) is 4.39 Å². The van der Waals surface area contributed by atoms with Crippen LogP contribution in [0.1, 0.15) is 38.7 Å². The SMILES string of the molecule is CC(C)(C(=O)NCCC1CCCNC1)c1cccc(F)c1.Cl. The van der Waals surface area contributed by atoms with Gasteiger partial charge in [0, 0.05) is 6.54 Å². The molecule has 0 bridgehead atoms. The third-order valence-corrected chi connectivity index (χ3v) is 4.35. The van der Waals surface area contributed by atoms with Crippen molar-refractivity contribution in [1.82, 2.24) is 10.6 Å². The predicted molar refractivity (Wildman–Crippen MR) is 89.9 cm³/mol. The van der Waals surface area contributed by atoms with Gasteiger partial charge in [-0.3, -0.25) is 4.79 Å². The van der Waals surface area contributed by atoms with E-state index in [-0.39, 0.29) is 24.1 Å². The lowest BCUT2D eigenvalue weighted by atomic mass is 9.83. The fourth-order valence-corrected chi connectivity index (χ4v) is 2.79. The molecule has 1 aromatic carbocycles. The van der Waals surface area contributed by atoms with E-state index in [2.05, 4.69) is 10.6 Å². The maximum absolute atomic E-state index is 13.3. The number of rotatable bonds is 5. The predicted octanol–water partition coefficient (Wildman–Crippen LogP) is 3.03. The number of carbonyl (C=O) groups excluding carboxylic acids is 1. The molecule has 3 nitrogen and oxygen atoms in total. The number of nitrogens with one attached hydrogen (secondary N) is 2. The highest BCUT2D eigenvalue weighted by atomic mass is 35.5. The van der Waals surface area contributed by atoms with E-state index in [0.29, 0.717) is 18.0 Å². The molecule has 124 valence electrons. The Hall–Kier alpha value is -1.13. The molecule has 2 rings (SSSR count). The molecular formula is C17H26ClFN2O. The normalized spacial score (nSPS) is 18.4. The zero-order valence-corrected chi connectivity index (χ0v) is 14.1. The van der Waals surface area contributed by atoms with Crippen molar-refractivity contribution in [3.05, 3.63) is 35.6 Å². The Kier molecular flexibility index (Phi) is 7.30. The van der Waals surface area contributed by atoms with Gasteiger partial charge in [-0.1, -0.05) is 12.1 Å². The van der Waals surface area contributed by atoms with E-state index in [9.17, 15) is 9.18 Å². The van der Waals surface area contributed by atoms with Gasteiger partial charge in [0.1, 0.15) is 5.82 Å². The molecule has 22 heavy (non-hydrogen) atoms. The number of carbonyl (C=O) groups is 1. The van der Waals surface area contributed by atoms with Gasteiger partial charge in [-0.15, -0.1) is 12.4 Å². The quantitative estimate of drug-likeness (QED) is 0.872. The van der Waals surface area contributed by atoms with Crippen molar-refractivity contribution < 1.29 is 9.18 Å². The Bertz CT molecular complexity index is 487. The Labute approximate surface area is 138 Å². The maximum atomic E-state index is 13.3. The molecule has 2 N–H and O–H groups in total. The van der Waals surface area contributed by atoms with E-state index in [1.807, 2.05) is 13.8 Å². The van der Waals surface area contributed by atoms with E-state index >= 15 is 0 Å². The highest BCUT2D eigenvalue weighted by molar-refractivity contribution is 5.87. The van der Waals surface area contributed by atoms with Crippen molar-refractivity contribution in [1.29, 1.82) is 0 Å². The molecule has 1 atom stereocenters. The summed E-state index contributed by atoms with van der Waals surface area (Å²) in [6.45, 7) is 6.50. The lowest BCUT2D eigenvalue weighted by Crippen LogP contribution is -2.41. The van der Waals surface area contributed by atoms with Gasteiger partial charge in [-0.25, -0.2) is 4.39 Å². The van der Waals surface area contributed by atoms with Crippen molar-refractivity contribution in [2.24, 2.45) is 5.92 Å². The second-order valence-electron chi connectivity index (χ2n) is 6.39. The van der Waals surface area contributed by atoms with Gasteiger partial charge < -0.3 is 10.6 Å². The summed E-state index contributed by atoms with van der Waals surface area (Å²) in [5, 5.41) is 6.38. The van der Waals surface area contributed by atoms with Crippen LogP contribution in [-0.4, -0.2) is 25.5 Å². The fourth-order valence-electron chi connectivity index (χ4n) is 2.79. The fraction of sp³-hybridized carbons (Fsp3) is 0.588. The molecular weight excluding hydrogens is 303 g/mol. The van der Waals surface area contributed by atoms with Crippen LogP contribution >= 0.6 is 12.4 Å². The summed E-state index contributed by atoms with van der Waals surface area (Å²) in [6, 6.07) is 6.28. The molecule has 0 saturated carbocycles. The number of amides is 1. The molecule has 1 unspecified atom stereocenters. The average Bonchev–Trinajstić information content (AvgIpc) is 2.48. The van der Waals surface area contributed by atoms with Gasteiger partial charge in [-0.05, 0) is 69.8 Å². The monoisotopic (exact) mass is 328 g/mol. The summed E-state index contributed by atoms with van der Waals surface area (Å²) in [5.41, 5.74) is -0.00765. The standard InChI is InChI=1S/C17H25FN2O.ClH/c1-17(2,14-6-3-7-15(18)11-14)16(21)20-10-8-13-5-4-9-19-12-13;/h3,6-7,11,13,19H,4-5,8-10,12H2,1-2H3,(H,20,21);1H. The minimum absolute atomic E-state index is 0. The number of hydrogen-bond donors (Lipinski definition) is 2. The number of piperidine rings is 1. The van der Waals surface area contributed by atoms with E-state index in [1.165, 1.54) is 25.0 Å². The second-order valence-corrected chi connectivity index (χ2v) is 6.39. The zero-order valence-electron chi connectivity index (χ0n) is 13.3. The smallest absolute Gasteiger partial charge is 0.230 e. The Balaban J connectivity index is 0.00000242. The first-order valence-electron chi connectivity index (χ1n) is 7.75. The van der Waals surface area contributed by atoms with Gasteiger partial charge in [-0.2, -0.15) is 0 Å². The molecule has 0 aliphatic carbocycles. The third-order valence-electron chi connectivity index (χ3n) is 4.35. The van der Waals surface area contributed by atoms with Crippen LogP contribution in [0.3, 0.4) is 0 Å². The number of hydrogen-bond acceptors (Lipinski definition) is 2. The van der Waals surface area contributed by atoms with Gasteiger partial charge in [0.2, 0.25) is 5.91 Å². The van der Waals surface area contributed by atoms with E-state index in [1.54, 1.807) is 12.1 Å². The molecule has 1 saturated heterocycles. The molecule has 1 fully saturated rings. The van der Waals surface area contributed by atoms with Crippen LogP contribution in [0.25, 0.3) is 0 Å². The Morgan fingerprint density at radius 1 is 1.45 bits per heavy atom. The summed E-state index contributed by atoms with van der Waals surface area (Å²) in [5.74, 6) is 0.301. The molecule has 1 aromatic rings. The molecule has 1 amide bonds. The summed E-state index contributed by atoms with van der Waals surface area (Å²) in [4.78, 5) is 12.4. The molecule has 1 aliphatic heterocycles. The highest BCUT2D eigenvalue weighted by Gasteiger charge is 2.29. The first-order valence-corrected chi connectivity index (χ1v) is 7.75. The van der Waals surface area contributed by atoms with Crippen molar-refractivity contribution in [2.45, 2.75) is 38.5 Å². The molecule has 1 aliphatic rings. The van der Waals surface area contributed by atoms with Crippen LogP contribution in [0.2, 0.25) is 0 Å². The van der Waals surface area contributed by atoms with E-state index in [0.717, 1.165) is 19.5 Å². The molecule has 0 radical (unpaired) electrons. The van der Waals surface area contributed by atoms with Crippen LogP contribution in [0.15, 0.2) is 24.3 Å². The average molecular weight is 329 g/mol.